The fourth-order valence-corrected chi connectivity index (χ4v) is 2.32. The maximum atomic E-state index is 12.1. The fourth-order valence-electron chi connectivity index (χ4n) is 2.32. The molecule has 1 aromatic rings. The first kappa shape index (κ1) is 14.0. The van der Waals surface area contributed by atoms with Gasteiger partial charge in [0.2, 0.25) is 5.91 Å². The Morgan fingerprint density at radius 3 is 2.89 bits per heavy atom. The number of nitrogens with one attached hydrogen (secondary N) is 1. The Balaban J connectivity index is 1.83. The van der Waals surface area contributed by atoms with Crippen molar-refractivity contribution < 1.29 is 4.79 Å². The molecule has 1 fully saturated rings. The Kier molecular flexibility index (Phi) is 4.93. The molecule has 1 aliphatic heterocycles. The van der Waals surface area contributed by atoms with Crippen molar-refractivity contribution in [3.05, 3.63) is 18.2 Å². The molecule has 1 aliphatic rings. The molecule has 0 aromatic carbocycles. The number of imidazole rings is 1. The number of likely N-dealkylation sites (N-methyl/N-ethyl adjacent to an activating group) is 1. The number of piperazine rings is 1. The molecule has 0 radical (unpaired) electrons. The summed E-state index contributed by atoms with van der Waals surface area (Å²) in [6.07, 6.45) is 3.78. The summed E-state index contributed by atoms with van der Waals surface area (Å²) in [6, 6.07) is 0. The van der Waals surface area contributed by atoms with E-state index >= 15 is 0 Å². The van der Waals surface area contributed by atoms with Crippen LogP contribution in [0.2, 0.25) is 0 Å². The second-order valence-corrected chi connectivity index (χ2v) is 4.93. The highest BCUT2D eigenvalue weighted by Gasteiger charge is 2.18. The van der Waals surface area contributed by atoms with Crippen LogP contribution in [0.5, 0.6) is 0 Å². The number of amides is 1. The number of carbonyl (C=O) groups is 1. The molecule has 19 heavy (non-hydrogen) atoms. The molecule has 1 saturated heterocycles. The van der Waals surface area contributed by atoms with Gasteiger partial charge in [0, 0.05) is 45.1 Å². The van der Waals surface area contributed by atoms with Crippen LogP contribution in [0.15, 0.2) is 12.4 Å². The van der Waals surface area contributed by atoms with Gasteiger partial charge in [-0.1, -0.05) is 0 Å². The van der Waals surface area contributed by atoms with Gasteiger partial charge in [-0.2, -0.15) is 0 Å². The minimum atomic E-state index is 0.207. The van der Waals surface area contributed by atoms with Gasteiger partial charge in [-0.15, -0.1) is 0 Å². The molecule has 6 heteroatoms. The largest absolute Gasteiger partial charge is 0.339 e. The van der Waals surface area contributed by atoms with Gasteiger partial charge >= 0.3 is 0 Å². The molecule has 1 N–H and O–H groups in total. The molecule has 0 atom stereocenters. The Morgan fingerprint density at radius 1 is 1.47 bits per heavy atom. The van der Waals surface area contributed by atoms with Crippen molar-refractivity contribution in [3.63, 3.8) is 0 Å². The predicted molar refractivity (Wildman–Crippen MR) is 73.7 cm³/mol. The zero-order valence-corrected chi connectivity index (χ0v) is 11.8. The Hall–Kier alpha value is -1.40. The molecule has 2 rings (SSSR count). The molecule has 1 amide bonds. The van der Waals surface area contributed by atoms with E-state index in [1.54, 1.807) is 0 Å². The van der Waals surface area contributed by atoms with Gasteiger partial charge in [-0.3, -0.25) is 9.69 Å². The van der Waals surface area contributed by atoms with Gasteiger partial charge in [0.1, 0.15) is 5.82 Å². The van der Waals surface area contributed by atoms with Gasteiger partial charge in [-0.05, 0) is 14.0 Å². The zero-order chi connectivity index (χ0) is 13.7. The minimum Gasteiger partial charge on any atom is -0.339 e. The van der Waals surface area contributed by atoms with Gasteiger partial charge in [0.05, 0.1) is 13.1 Å². The molecule has 0 saturated carbocycles. The smallest absolute Gasteiger partial charge is 0.236 e. The van der Waals surface area contributed by atoms with Crippen molar-refractivity contribution in [2.75, 3.05) is 39.8 Å². The Labute approximate surface area is 114 Å². The normalized spacial score (nSPS) is 16.1. The van der Waals surface area contributed by atoms with Crippen molar-refractivity contribution in [1.29, 1.82) is 0 Å². The van der Waals surface area contributed by atoms with Gasteiger partial charge in [0.15, 0.2) is 0 Å². The van der Waals surface area contributed by atoms with E-state index < -0.39 is 0 Å². The number of aryl methyl sites for hydroxylation is 1. The fraction of sp³-hybridized carbons (Fsp3) is 0.692. The summed E-state index contributed by atoms with van der Waals surface area (Å²) in [5.74, 6) is 1.22. The summed E-state index contributed by atoms with van der Waals surface area (Å²) in [5, 5.41) is 3.25. The van der Waals surface area contributed by atoms with Crippen LogP contribution in [0.25, 0.3) is 0 Å². The lowest BCUT2D eigenvalue weighted by atomic mass is 10.3. The van der Waals surface area contributed by atoms with Gasteiger partial charge in [0.25, 0.3) is 0 Å². The third-order valence-electron chi connectivity index (χ3n) is 3.43. The van der Waals surface area contributed by atoms with Crippen LogP contribution in [0.4, 0.5) is 0 Å². The van der Waals surface area contributed by atoms with Crippen LogP contribution in [-0.2, 0) is 17.9 Å². The maximum absolute atomic E-state index is 12.1. The Morgan fingerprint density at radius 2 is 2.21 bits per heavy atom. The van der Waals surface area contributed by atoms with E-state index in [0.29, 0.717) is 13.1 Å². The number of nitrogens with zero attached hydrogens (tertiary/aromatic N) is 4. The Bertz CT molecular complexity index is 411. The molecule has 0 aliphatic carbocycles. The summed E-state index contributed by atoms with van der Waals surface area (Å²) in [7, 11) is 1.97. The predicted octanol–water partition coefficient (Wildman–Crippen LogP) is -0.233. The third-order valence-corrected chi connectivity index (χ3v) is 3.43. The summed E-state index contributed by atoms with van der Waals surface area (Å²) in [4.78, 5) is 20.4. The second-order valence-electron chi connectivity index (χ2n) is 4.93. The van der Waals surface area contributed by atoms with Crippen molar-refractivity contribution in [2.24, 2.45) is 0 Å². The third kappa shape index (κ3) is 3.78. The number of rotatable bonds is 5. The first-order valence-corrected chi connectivity index (χ1v) is 6.87. The lowest BCUT2D eigenvalue weighted by molar-refractivity contribution is -0.132. The van der Waals surface area contributed by atoms with E-state index in [0.717, 1.165) is 38.5 Å². The molecule has 6 nitrogen and oxygen atoms in total. The van der Waals surface area contributed by atoms with E-state index in [1.807, 2.05) is 29.2 Å². The molecular formula is C13H23N5O. The molecule has 0 bridgehead atoms. The average Bonchev–Trinajstić information content (AvgIpc) is 2.86. The average molecular weight is 265 g/mol. The highest BCUT2D eigenvalue weighted by atomic mass is 16.2. The molecule has 0 spiro atoms. The summed E-state index contributed by atoms with van der Waals surface area (Å²) in [5.41, 5.74) is 0. The van der Waals surface area contributed by atoms with Crippen LogP contribution in [-0.4, -0.2) is 65.0 Å². The monoisotopic (exact) mass is 265 g/mol. The number of carbonyl (C=O) groups excluding carboxylic acids is 1. The van der Waals surface area contributed by atoms with Crippen molar-refractivity contribution in [2.45, 2.75) is 20.0 Å². The highest BCUT2D eigenvalue weighted by Crippen LogP contribution is 2.03. The van der Waals surface area contributed by atoms with Crippen molar-refractivity contribution >= 4 is 5.91 Å². The van der Waals surface area contributed by atoms with Gasteiger partial charge < -0.3 is 14.8 Å². The second kappa shape index (κ2) is 6.68. The topological polar surface area (TPSA) is 53.4 Å². The lowest BCUT2D eigenvalue weighted by Gasteiger charge is -2.29. The summed E-state index contributed by atoms with van der Waals surface area (Å²) in [6.45, 7) is 7.60. The first-order valence-electron chi connectivity index (χ1n) is 6.87. The van der Waals surface area contributed by atoms with Crippen LogP contribution in [0.3, 0.4) is 0 Å². The molecule has 2 heterocycles. The standard InChI is InChI=1S/C13H23N5O/c1-3-17-9-6-15-12(17)10-16(2)11-13(19)18-7-4-14-5-8-18/h6,9,14H,3-5,7-8,10-11H2,1-2H3. The van der Waals surface area contributed by atoms with Crippen LogP contribution >= 0.6 is 0 Å². The first-order chi connectivity index (χ1) is 9.20. The quantitative estimate of drug-likeness (QED) is 0.799. The van der Waals surface area contributed by atoms with Crippen LogP contribution in [0, 0.1) is 0 Å². The van der Waals surface area contributed by atoms with E-state index in [-0.39, 0.29) is 5.91 Å². The van der Waals surface area contributed by atoms with Gasteiger partial charge in [-0.25, -0.2) is 4.98 Å². The molecule has 0 unspecified atom stereocenters. The molecule has 106 valence electrons. The summed E-state index contributed by atoms with van der Waals surface area (Å²) >= 11 is 0. The van der Waals surface area contributed by atoms with Crippen LogP contribution < -0.4 is 5.32 Å². The summed E-state index contributed by atoms with van der Waals surface area (Å²) < 4.78 is 2.10. The zero-order valence-electron chi connectivity index (χ0n) is 11.8. The minimum absolute atomic E-state index is 0.207. The number of hydrogen-bond acceptors (Lipinski definition) is 4. The van der Waals surface area contributed by atoms with E-state index in [2.05, 4.69) is 21.8 Å². The lowest BCUT2D eigenvalue weighted by Crippen LogP contribution is -2.49. The molecular weight excluding hydrogens is 242 g/mol. The van der Waals surface area contributed by atoms with Crippen molar-refractivity contribution in [3.8, 4) is 0 Å². The highest BCUT2D eigenvalue weighted by molar-refractivity contribution is 5.78. The van der Waals surface area contributed by atoms with Crippen LogP contribution in [0.1, 0.15) is 12.7 Å². The molecule has 1 aromatic heterocycles. The number of aromatic nitrogens is 2. The maximum Gasteiger partial charge on any atom is 0.236 e. The SMILES string of the molecule is CCn1ccnc1CN(C)CC(=O)N1CCNCC1. The van der Waals surface area contributed by atoms with E-state index in [1.165, 1.54) is 0 Å². The van der Waals surface area contributed by atoms with E-state index in [9.17, 15) is 4.79 Å². The van der Waals surface area contributed by atoms with Crippen molar-refractivity contribution in [1.82, 2.24) is 24.7 Å². The van der Waals surface area contributed by atoms with E-state index in [4.69, 9.17) is 0 Å². The number of hydrogen-bond donors (Lipinski definition) is 1.